The van der Waals surface area contributed by atoms with Gasteiger partial charge in [0.25, 0.3) is 5.91 Å². The summed E-state index contributed by atoms with van der Waals surface area (Å²) in [5.41, 5.74) is -0.245. The predicted molar refractivity (Wildman–Crippen MR) is 85.9 cm³/mol. The van der Waals surface area contributed by atoms with Gasteiger partial charge in [-0.05, 0) is 49.5 Å². The summed E-state index contributed by atoms with van der Waals surface area (Å²) in [6.45, 7) is 2.45. The van der Waals surface area contributed by atoms with Crippen LogP contribution in [0.3, 0.4) is 0 Å². The number of rotatable bonds is 3. The number of carbonyl (C=O) groups is 2. The number of amides is 2. The molecule has 3 heterocycles. The van der Waals surface area contributed by atoms with Crippen molar-refractivity contribution in [3.63, 3.8) is 0 Å². The van der Waals surface area contributed by atoms with Gasteiger partial charge in [0.1, 0.15) is 0 Å². The van der Waals surface area contributed by atoms with Crippen LogP contribution < -0.4 is 0 Å². The Kier molecular flexibility index (Phi) is 3.48. The average molecular weight is 318 g/mol. The van der Waals surface area contributed by atoms with E-state index in [1.165, 1.54) is 24.2 Å². The van der Waals surface area contributed by atoms with Crippen molar-refractivity contribution in [1.29, 1.82) is 0 Å². The Balaban J connectivity index is 1.57. The molecule has 5 heteroatoms. The first kappa shape index (κ1) is 14.2. The molecule has 1 unspecified atom stereocenters. The van der Waals surface area contributed by atoms with Crippen LogP contribution in [-0.2, 0) is 4.79 Å². The minimum absolute atomic E-state index is 0.121. The van der Waals surface area contributed by atoms with E-state index in [1.54, 1.807) is 0 Å². The number of hydrogen-bond acceptors (Lipinski definition) is 3. The van der Waals surface area contributed by atoms with Gasteiger partial charge in [0.2, 0.25) is 5.91 Å². The smallest absolute Gasteiger partial charge is 0.264 e. The van der Waals surface area contributed by atoms with Crippen LogP contribution in [0.2, 0.25) is 0 Å². The van der Waals surface area contributed by atoms with Crippen LogP contribution in [0, 0.1) is 5.92 Å². The Bertz CT molecular complexity index is 581. The van der Waals surface area contributed by atoms with Gasteiger partial charge in [-0.2, -0.15) is 0 Å². The third-order valence-electron chi connectivity index (χ3n) is 5.32. The fourth-order valence-corrected chi connectivity index (χ4v) is 4.64. The molecule has 1 saturated carbocycles. The lowest BCUT2D eigenvalue weighted by Crippen LogP contribution is -2.56. The molecule has 0 N–H and O–H groups in total. The molecule has 4 nitrogen and oxygen atoms in total. The molecule has 2 aliphatic heterocycles. The second-order valence-electron chi connectivity index (χ2n) is 7.01. The molecular formula is C17H22N2O2S. The van der Waals surface area contributed by atoms with E-state index in [9.17, 15) is 9.59 Å². The zero-order valence-corrected chi connectivity index (χ0v) is 13.6. The molecule has 3 aliphatic rings. The van der Waals surface area contributed by atoms with Crippen LogP contribution in [0.15, 0.2) is 17.5 Å². The number of likely N-dealkylation sites (tertiary alicyclic amines) is 2. The molecule has 1 aromatic heterocycles. The highest BCUT2D eigenvalue weighted by Crippen LogP contribution is 2.40. The normalized spacial score (nSPS) is 28.6. The van der Waals surface area contributed by atoms with Gasteiger partial charge in [-0.3, -0.25) is 9.59 Å². The molecular weight excluding hydrogens is 296 g/mol. The molecule has 1 spiro atoms. The third kappa shape index (κ3) is 2.45. The quantitative estimate of drug-likeness (QED) is 0.860. The van der Waals surface area contributed by atoms with E-state index >= 15 is 0 Å². The summed E-state index contributed by atoms with van der Waals surface area (Å²) in [5, 5.41) is 1.95. The Hall–Kier alpha value is -1.36. The fourth-order valence-electron chi connectivity index (χ4n) is 3.97. The Morgan fingerprint density at radius 2 is 2.23 bits per heavy atom. The Morgan fingerprint density at radius 3 is 2.95 bits per heavy atom. The summed E-state index contributed by atoms with van der Waals surface area (Å²) < 4.78 is 0. The zero-order valence-electron chi connectivity index (χ0n) is 12.8. The van der Waals surface area contributed by atoms with Gasteiger partial charge in [0.15, 0.2) is 0 Å². The van der Waals surface area contributed by atoms with Gasteiger partial charge in [0.05, 0.1) is 16.8 Å². The minimum Gasteiger partial charge on any atom is -0.340 e. The van der Waals surface area contributed by atoms with Crippen molar-refractivity contribution in [3.05, 3.63) is 22.4 Å². The van der Waals surface area contributed by atoms with Crippen LogP contribution in [0.25, 0.3) is 0 Å². The van der Waals surface area contributed by atoms with Gasteiger partial charge in [-0.1, -0.05) is 6.07 Å². The van der Waals surface area contributed by atoms with Crippen molar-refractivity contribution in [1.82, 2.24) is 9.80 Å². The highest BCUT2D eigenvalue weighted by atomic mass is 32.1. The summed E-state index contributed by atoms with van der Waals surface area (Å²) in [6, 6.07) is 3.82. The number of nitrogens with zero attached hydrogens (tertiary/aromatic N) is 2. The maximum absolute atomic E-state index is 12.9. The van der Waals surface area contributed by atoms with Gasteiger partial charge in [0, 0.05) is 19.6 Å². The van der Waals surface area contributed by atoms with E-state index < -0.39 is 0 Å². The minimum atomic E-state index is -0.245. The Labute approximate surface area is 135 Å². The molecule has 118 valence electrons. The van der Waals surface area contributed by atoms with E-state index in [2.05, 4.69) is 0 Å². The molecule has 0 aromatic carbocycles. The second kappa shape index (κ2) is 5.37. The molecule has 1 aromatic rings. The molecule has 4 rings (SSSR count). The standard InChI is InChI=1S/C17H22N2O2S/c20-15-10-17(12-18(15)11-13-5-6-13)7-1-2-8-19(17)16(21)14-4-3-9-22-14/h3-4,9,13H,1-2,5-8,10-12H2. The van der Waals surface area contributed by atoms with E-state index in [1.807, 2.05) is 27.3 Å². The summed E-state index contributed by atoms with van der Waals surface area (Å²) >= 11 is 1.50. The number of piperidine rings is 1. The predicted octanol–water partition coefficient (Wildman–Crippen LogP) is 2.76. The van der Waals surface area contributed by atoms with Crippen LogP contribution in [0.5, 0.6) is 0 Å². The largest absolute Gasteiger partial charge is 0.340 e. The summed E-state index contributed by atoms with van der Waals surface area (Å²) in [7, 11) is 0. The van der Waals surface area contributed by atoms with Crippen LogP contribution in [0.1, 0.15) is 48.2 Å². The topological polar surface area (TPSA) is 40.6 Å². The van der Waals surface area contributed by atoms with Gasteiger partial charge < -0.3 is 9.80 Å². The summed E-state index contributed by atoms with van der Waals surface area (Å²) in [6.07, 6.45) is 6.19. The van der Waals surface area contributed by atoms with Crippen molar-refractivity contribution in [3.8, 4) is 0 Å². The van der Waals surface area contributed by atoms with Crippen molar-refractivity contribution in [2.75, 3.05) is 19.6 Å². The molecule has 3 fully saturated rings. The highest BCUT2D eigenvalue weighted by Gasteiger charge is 2.50. The van der Waals surface area contributed by atoms with E-state index in [-0.39, 0.29) is 17.4 Å². The average Bonchev–Trinajstić information content (AvgIpc) is 3.05. The SMILES string of the molecule is O=C1CC2(CCCCN2C(=O)c2cccs2)CN1CC1CC1. The van der Waals surface area contributed by atoms with Crippen LogP contribution in [-0.4, -0.2) is 46.8 Å². The first-order valence-corrected chi connectivity index (χ1v) is 9.19. The van der Waals surface area contributed by atoms with Crippen molar-refractivity contribution in [2.45, 2.75) is 44.1 Å². The molecule has 0 bridgehead atoms. The molecule has 0 radical (unpaired) electrons. The highest BCUT2D eigenvalue weighted by molar-refractivity contribution is 7.12. The lowest BCUT2D eigenvalue weighted by molar-refractivity contribution is -0.128. The summed E-state index contributed by atoms with van der Waals surface area (Å²) in [4.78, 5) is 30.2. The zero-order chi connectivity index (χ0) is 15.2. The van der Waals surface area contributed by atoms with E-state index in [0.717, 1.165) is 43.8 Å². The second-order valence-corrected chi connectivity index (χ2v) is 7.96. The molecule has 2 amide bonds. The first-order valence-electron chi connectivity index (χ1n) is 8.31. The lowest BCUT2D eigenvalue weighted by Gasteiger charge is -2.44. The number of thiophene rings is 1. The fraction of sp³-hybridized carbons (Fsp3) is 0.647. The van der Waals surface area contributed by atoms with Crippen molar-refractivity contribution >= 4 is 23.2 Å². The Morgan fingerprint density at radius 1 is 1.36 bits per heavy atom. The van der Waals surface area contributed by atoms with E-state index in [0.29, 0.717) is 12.3 Å². The molecule has 2 saturated heterocycles. The monoisotopic (exact) mass is 318 g/mol. The first-order chi connectivity index (χ1) is 10.7. The van der Waals surface area contributed by atoms with Gasteiger partial charge >= 0.3 is 0 Å². The summed E-state index contributed by atoms with van der Waals surface area (Å²) in [5.74, 6) is 1.08. The molecule has 1 atom stereocenters. The third-order valence-corrected chi connectivity index (χ3v) is 6.18. The van der Waals surface area contributed by atoms with Crippen LogP contribution >= 0.6 is 11.3 Å². The van der Waals surface area contributed by atoms with E-state index in [4.69, 9.17) is 0 Å². The van der Waals surface area contributed by atoms with Crippen LogP contribution in [0.4, 0.5) is 0 Å². The molecule has 1 aliphatic carbocycles. The maximum atomic E-state index is 12.9. The molecule has 22 heavy (non-hydrogen) atoms. The number of hydrogen-bond donors (Lipinski definition) is 0. The van der Waals surface area contributed by atoms with Crippen molar-refractivity contribution in [2.24, 2.45) is 5.92 Å². The van der Waals surface area contributed by atoms with Gasteiger partial charge in [-0.25, -0.2) is 0 Å². The lowest BCUT2D eigenvalue weighted by atomic mass is 9.85. The van der Waals surface area contributed by atoms with Crippen molar-refractivity contribution < 1.29 is 9.59 Å². The number of carbonyl (C=O) groups excluding carboxylic acids is 2. The maximum Gasteiger partial charge on any atom is 0.264 e. The van der Waals surface area contributed by atoms with Gasteiger partial charge in [-0.15, -0.1) is 11.3 Å².